The zero-order chi connectivity index (χ0) is 21.9. The Morgan fingerprint density at radius 1 is 1.13 bits per heavy atom. The molecular weight excluding hydrogens is 403 g/mol. The Balaban J connectivity index is 1.69. The molecule has 0 saturated carbocycles. The van der Waals surface area contributed by atoms with Crippen molar-refractivity contribution in [2.75, 3.05) is 11.9 Å². The third-order valence-corrected chi connectivity index (χ3v) is 4.72. The Morgan fingerprint density at radius 3 is 2.43 bits per heavy atom. The second-order valence-electron chi connectivity index (χ2n) is 6.85. The molecule has 1 aromatic carbocycles. The Kier molecular flexibility index (Phi) is 5.63. The molecule has 30 heavy (non-hydrogen) atoms. The van der Waals surface area contributed by atoms with Crippen molar-refractivity contribution < 1.29 is 27.6 Å². The Morgan fingerprint density at radius 2 is 1.83 bits per heavy atom. The van der Waals surface area contributed by atoms with Crippen molar-refractivity contribution in [3.63, 3.8) is 0 Å². The van der Waals surface area contributed by atoms with E-state index in [2.05, 4.69) is 26.5 Å². The first-order valence-corrected chi connectivity index (χ1v) is 8.89. The number of anilines is 2. The van der Waals surface area contributed by atoms with Gasteiger partial charge < -0.3 is 10.6 Å². The van der Waals surface area contributed by atoms with Gasteiger partial charge in [0.05, 0.1) is 11.3 Å². The van der Waals surface area contributed by atoms with Crippen LogP contribution < -0.4 is 21.5 Å². The second kappa shape index (κ2) is 8.01. The molecule has 1 unspecified atom stereocenters. The highest BCUT2D eigenvalue weighted by Gasteiger charge is 2.44. The first-order valence-electron chi connectivity index (χ1n) is 8.89. The number of alkyl halides is 3. The van der Waals surface area contributed by atoms with E-state index in [1.54, 1.807) is 0 Å². The van der Waals surface area contributed by atoms with Crippen molar-refractivity contribution in [1.82, 2.24) is 21.2 Å². The fraction of sp³-hybridized carbons (Fsp3) is 0.263. The van der Waals surface area contributed by atoms with Gasteiger partial charge in [0.2, 0.25) is 5.91 Å². The highest BCUT2D eigenvalue weighted by atomic mass is 19.4. The number of nitrogens with one attached hydrogen (secondary N) is 4. The van der Waals surface area contributed by atoms with Crippen LogP contribution in [0, 0.1) is 5.41 Å². The number of benzene rings is 1. The summed E-state index contributed by atoms with van der Waals surface area (Å²) in [5.41, 5.74) is 2.76. The van der Waals surface area contributed by atoms with Gasteiger partial charge in [-0.05, 0) is 49.7 Å². The van der Waals surface area contributed by atoms with E-state index in [-0.39, 0.29) is 17.8 Å². The van der Waals surface area contributed by atoms with Gasteiger partial charge in [0.1, 0.15) is 5.41 Å². The number of nitrogens with zero attached hydrogens (tertiary/aromatic N) is 1. The number of amides is 3. The zero-order valence-corrected chi connectivity index (χ0v) is 15.8. The molecule has 2 heterocycles. The average molecular weight is 421 g/mol. The van der Waals surface area contributed by atoms with Crippen LogP contribution in [0.25, 0.3) is 0 Å². The number of carbonyl (C=O) groups excluding carboxylic acids is 3. The predicted octanol–water partition coefficient (Wildman–Crippen LogP) is 2.13. The van der Waals surface area contributed by atoms with Gasteiger partial charge in [-0.15, -0.1) is 0 Å². The van der Waals surface area contributed by atoms with E-state index in [4.69, 9.17) is 0 Å². The normalized spacial score (nSPS) is 18.5. The third kappa shape index (κ3) is 4.34. The van der Waals surface area contributed by atoms with Crippen molar-refractivity contribution in [3.8, 4) is 0 Å². The minimum absolute atomic E-state index is 0.0984. The molecule has 0 aliphatic carbocycles. The van der Waals surface area contributed by atoms with Crippen LogP contribution in [0.1, 0.15) is 29.4 Å². The maximum absolute atomic E-state index is 12.7. The summed E-state index contributed by atoms with van der Waals surface area (Å²) < 4.78 is 38.1. The summed E-state index contributed by atoms with van der Waals surface area (Å²) in [6, 6.07) is 7.30. The van der Waals surface area contributed by atoms with Gasteiger partial charge in [-0.2, -0.15) is 13.2 Å². The standard InChI is InChI=1S/C19H18F3N5O3/c1-18(8-10-24-16(18)29)17(30)27-26-15(28)14-13(3-2-9-23-14)25-12-6-4-11(5-7-12)19(20,21)22/h2-7,9,25H,8,10H2,1H3,(H,24,29)(H,26,28)(H,27,30). The molecule has 158 valence electrons. The minimum atomic E-state index is -4.46. The summed E-state index contributed by atoms with van der Waals surface area (Å²) in [4.78, 5) is 40.5. The SMILES string of the molecule is CC1(C(=O)NNC(=O)c2ncccc2Nc2ccc(C(F)(F)F)cc2)CCNC1=O. The van der Waals surface area contributed by atoms with Gasteiger partial charge in [-0.25, -0.2) is 4.98 Å². The van der Waals surface area contributed by atoms with Crippen LogP contribution >= 0.6 is 0 Å². The molecule has 1 aliphatic heterocycles. The number of rotatable bonds is 4. The summed E-state index contributed by atoms with van der Waals surface area (Å²) in [5, 5.41) is 5.38. The molecule has 8 nitrogen and oxygen atoms in total. The van der Waals surface area contributed by atoms with Gasteiger partial charge >= 0.3 is 6.18 Å². The molecule has 0 bridgehead atoms. The van der Waals surface area contributed by atoms with Crippen molar-refractivity contribution in [2.24, 2.45) is 5.41 Å². The van der Waals surface area contributed by atoms with E-state index in [0.29, 0.717) is 12.2 Å². The molecule has 3 rings (SSSR count). The van der Waals surface area contributed by atoms with Crippen molar-refractivity contribution in [1.29, 1.82) is 0 Å². The van der Waals surface area contributed by atoms with Crippen LogP contribution in [0.2, 0.25) is 0 Å². The van der Waals surface area contributed by atoms with E-state index in [1.165, 1.54) is 37.4 Å². The molecule has 1 aliphatic rings. The predicted molar refractivity (Wildman–Crippen MR) is 100 cm³/mol. The van der Waals surface area contributed by atoms with Crippen LogP contribution in [0.4, 0.5) is 24.5 Å². The first-order chi connectivity index (χ1) is 14.1. The van der Waals surface area contributed by atoms with Gasteiger partial charge in [0.25, 0.3) is 11.8 Å². The Labute approximate surface area is 169 Å². The fourth-order valence-corrected chi connectivity index (χ4v) is 2.85. The molecule has 1 aromatic heterocycles. The molecule has 1 fully saturated rings. The number of carbonyl (C=O) groups is 3. The van der Waals surface area contributed by atoms with E-state index in [0.717, 1.165) is 12.1 Å². The summed E-state index contributed by atoms with van der Waals surface area (Å²) >= 11 is 0. The lowest BCUT2D eigenvalue weighted by Crippen LogP contribution is -2.51. The van der Waals surface area contributed by atoms with Gasteiger partial charge in [-0.3, -0.25) is 25.2 Å². The van der Waals surface area contributed by atoms with Crippen LogP contribution in [0.3, 0.4) is 0 Å². The number of aromatic nitrogens is 1. The molecule has 0 spiro atoms. The zero-order valence-electron chi connectivity index (χ0n) is 15.8. The molecule has 4 N–H and O–H groups in total. The number of hydrogen-bond donors (Lipinski definition) is 4. The molecule has 0 radical (unpaired) electrons. The smallest absolute Gasteiger partial charge is 0.355 e. The van der Waals surface area contributed by atoms with Crippen LogP contribution in [0.15, 0.2) is 42.6 Å². The second-order valence-corrected chi connectivity index (χ2v) is 6.85. The maximum Gasteiger partial charge on any atom is 0.416 e. The lowest BCUT2D eigenvalue weighted by molar-refractivity contribution is -0.140. The lowest BCUT2D eigenvalue weighted by Gasteiger charge is -2.20. The highest BCUT2D eigenvalue weighted by Crippen LogP contribution is 2.30. The van der Waals surface area contributed by atoms with E-state index < -0.39 is 34.9 Å². The van der Waals surface area contributed by atoms with Gasteiger partial charge in [-0.1, -0.05) is 0 Å². The number of hydrogen-bond acceptors (Lipinski definition) is 5. The van der Waals surface area contributed by atoms with Crippen molar-refractivity contribution in [3.05, 3.63) is 53.9 Å². The van der Waals surface area contributed by atoms with Crippen LogP contribution in [-0.4, -0.2) is 29.3 Å². The topological polar surface area (TPSA) is 112 Å². The van der Waals surface area contributed by atoms with E-state index in [1.807, 2.05) is 0 Å². The fourth-order valence-electron chi connectivity index (χ4n) is 2.85. The van der Waals surface area contributed by atoms with Gasteiger partial charge in [0, 0.05) is 18.4 Å². The van der Waals surface area contributed by atoms with Gasteiger partial charge in [0.15, 0.2) is 5.69 Å². The van der Waals surface area contributed by atoms with Crippen molar-refractivity contribution in [2.45, 2.75) is 19.5 Å². The molecule has 1 saturated heterocycles. The third-order valence-electron chi connectivity index (χ3n) is 4.72. The largest absolute Gasteiger partial charge is 0.416 e. The monoisotopic (exact) mass is 421 g/mol. The molecule has 2 aromatic rings. The van der Waals surface area contributed by atoms with E-state index >= 15 is 0 Å². The van der Waals surface area contributed by atoms with Crippen molar-refractivity contribution >= 4 is 29.1 Å². The molecule has 3 amide bonds. The van der Waals surface area contributed by atoms with Crippen LogP contribution in [0.5, 0.6) is 0 Å². The quantitative estimate of drug-likeness (QED) is 0.446. The summed E-state index contributed by atoms with van der Waals surface area (Å²) in [5.74, 6) is -1.86. The number of hydrazine groups is 1. The van der Waals surface area contributed by atoms with E-state index in [9.17, 15) is 27.6 Å². The Hall–Kier alpha value is -3.63. The average Bonchev–Trinajstić information content (AvgIpc) is 3.05. The Bertz CT molecular complexity index is 978. The molecule has 1 atom stereocenters. The lowest BCUT2D eigenvalue weighted by atomic mass is 9.88. The minimum Gasteiger partial charge on any atom is -0.355 e. The summed E-state index contributed by atoms with van der Waals surface area (Å²) in [7, 11) is 0. The summed E-state index contributed by atoms with van der Waals surface area (Å²) in [6.45, 7) is 1.83. The number of halogens is 3. The number of pyridine rings is 1. The molecule has 11 heteroatoms. The maximum atomic E-state index is 12.7. The highest BCUT2D eigenvalue weighted by molar-refractivity contribution is 6.07. The first kappa shape index (κ1) is 21.1. The molecular formula is C19H18F3N5O3. The van der Waals surface area contributed by atoms with Crippen LogP contribution in [-0.2, 0) is 15.8 Å². The summed E-state index contributed by atoms with van der Waals surface area (Å²) in [6.07, 6.45) is -2.82.